The van der Waals surface area contributed by atoms with Crippen LogP contribution in [0, 0.1) is 0 Å². The molecule has 2 aliphatic heterocycles. The van der Waals surface area contributed by atoms with Crippen molar-refractivity contribution in [2.24, 2.45) is 4.40 Å². The SMILES string of the molecule is C[C@@H]1CCCCN1C(=O)CSC1=NS(=O)(=O)c2ccccc2N1. The zero-order chi connectivity index (χ0) is 16.4. The molecule has 1 aromatic rings. The van der Waals surface area contributed by atoms with E-state index in [4.69, 9.17) is 0 Å². The summed E-state index contributed by atoms with van der Waals surface area (Å²) < 4.78 is 28.1. The second-order valence-corrected chi connectivity index (χ2v) is 8.25. The molecule has 1 saturated heterocycles. The molecule has 6 nitrogen and oxygen atoms in total. The lowest BCUT2D eigenvalue weighted by Crippen LogP contribution is -2.43. The number of carbonyl (C=O) groups excluding carboxylic acids is 1. The number of fused-ring (bicyclic) bond motifs is 1. The third-order valence-corrected chi connectivity index (χ3v) is 6.37. The van der Waals surface area contributed by atoms with Crippen molar-refractivity contribution in [3.63, 3.8) is 0 Å². The fourth-order valence-corrected chi connectivity index (χ4v) is 4.96. The number of sulfonamides is 1. The van der Waals surface area contributed by atoms with Crippen LogP contribution < -0.4 is 5.32 Å². The van der Waals surface area contributed by atoms with Gasteiger partial charge in [-0.25, -0.2) is 0 Å². The van der Waals surface area contributed by atoms with Crippen LogP contribution >= 0.6 is 11.8 Å². The van der Waals surface area contributed by atoms with Crippen molar-refractivity contribution in [3.05, 3.63) is 24.3 Å². The van der Waals surface area contributed by atoms with E-state index in [0.29, 0.717) is 5.69 Å². The molecule has 1 fully saturated rings. The lowest BCUT2D eigenvalue weighted by Gasteiger charge is -2.33. The molecule has 124 valence electrons. The molecule has 0 unspecified atom stereocenters. The summed E-state index contributed by atoms with van der Waals surface area (Å²) in [6.45, 7) is 2.83. The molecule has 0 aliphatic carbocycles. The Bertz CT molecular complexity index is 746. The number of nitrogens with zero attached hydrogens (tertiary/aromatic N) is 2. The molecule has 2 heterocycles. The quantitative estimate of drug-likeness (QED) is 0.882. The monoisotopic (exact) mass is 353 g/mol. The summed E-state index contributed by atoms with van der Waals surface area (Å²) in [6, 6.07) is 6.88. The molecule has 1 atom stereocenters. The lowest BCUT2D eigenvalue weighted by molar-refractivity contribution is -0.131. The molecule has 0 aromatic heterocycles. The summed E-state index contributed by atoms with van der Waals surface area (Å²) in [6.07, 6.45) is 3.21. The van der Waals surface area contributed by atoms with Crippen LogP contribution in [0.5, 0.6) is 0 Å². The van der Waals surface area contributed by atoms with E-state index in [-0.39, 0.29) is 27.8 Å². The second-order valence-electron chi connectivity index (χ2n) is 5.71. The van der Waals surface area contributed by atoms with Gasteiger partial charge in [-0.1, -0.05) is 23.9 Å². The number of benzene rings is 1. The third-order valence-electron chi connectivity index (χ3n) is 4.07. The van der Waals surface area contributed by atoms with E-state index in [1.54, 1.807) is 18.2 Å². The average Bonchev–Trinajstić information content (AvgIpc) is 2.52. The van der Waals surface area contributed by atoms with Gasteiger partial charge in [0, 0.05) is 12.6 Å². The van der Waals surface area contributed by atoms with E-state index in [1.807, 2.05) is 4.90 Å². The van der Waals surface area contributed by atoms with Gasteiger partial charge >= 0.3 is 0 Å². The number of thioether (sulfide) groups is 1. The van der Waals surface area contributed by atoms with Gasteiger partial charge < -0.3 is 10.2 Å². The standard InChI is InChI=1S/C15H19N3O3S2/c1-11-6-4-5-9-18(11)14(19)10-22-15-16-12-7-2-3-8-13(12)23(20,21)17-15/h2-3,7-8,11H,4-6,9-10H2,1H3,(H,16,17)/t11-/m1/s1. The largest absolute Gasteiger partial charge is 0.339 e. The minimum Gasteiger partial charge on any atom is -0.339 e. The Labute approximate surface area is 140 Å². The molecule has 8 heteroatoms. The Balaban J connectivity index is 1.68. The fraction of sp³-hybridized carbons (Fsp3) is 0.467. The summed E-state index contributed by atoms with van der Waals surface area (Å²) in [5, 5.41) is 3.24. The van der Waals surface area contributed by atoms with Crippen molar-refractivity contribution in [2.45, 2.75) is 37.1 Å². The number of piperidine rings is 1. The number of hydrogen-bond acceptors (Lipinski definition) is 5. The predicted molar refractivity (Wildman–Crippen MR) is 92.2 cm³/mol. The molecule has 2 aliphatic rings. The van der Waals surface area contributed by atoms with Crippen molar-refractivity contribution < 1.29 is 13.2 Å². The Morgan fingerprint density at radius 2 is 2.17 bits per heavy atom. The van der Waals surface area contributed by atoms with Gasteiger partial charge in [0.25, 0.3) is 10.0 Å². The smallest absolute Gasteiger partial charge is 0.286 e. The first kappa shape index (κ1) is 16.3. The van der Waals surface area contributed by atoms with Crippen molar-refractivity contribution in [1.29, 1.82) is 0 Å². The highest BCUT2D eigenvalue weighted by Gasteiger charge is 2.27. The van der Waals surface area contributed by atoms with Crippen LogP contribution in [-0.2, 0) is 14.8 Å². The van der Waals surface area contributed by atoms with Gasteiger partial charge in [-0.2, -0.15) is 8.42 Å². The molecule has 0 saturated carbocycles. The Morgan fingerprint density at radius 3 is 2.96 bits per heavy atom. The number of nitrogens with one attached hydrogen (secondary N) is 1. The Kier molecular flexibility index (Phi) is 4.63. The summed E-state index contributed by atoms with van der Waals surface area (Å²) >= 11 is 1.14. The van der Waals surface area contributed by atoms with Crippen molar-refractivity contribution in [1.82, 2.24) is 4.90 Å². The summed E-state index contributed by atoms with van der Waals surface area (Å²) in [5.41, 5.74) is 0.504. The van der Waals surface area contributed by atoms with Crippen LogP contribution in [0.1, 0.15) is 26.2 Å². The van der Waals surface area contributed by atoms with Gasteiger partial charge in [0.1, 0.15) is 4.90 Å². The maximum atomic E-state index is 12.3. The van der Waals surface area contributed by atoms with Crippen LogP contribution in [0.3, 0.4) is 0 Å². The highest BCUT2D eigenvalue weighted by molar-refractivity contribution is 8.15. The Morgan fingerprint density at radius 1 is 1.39 bits per heavy atom. The lowest BCUT2D eigenvalue weighted by atomic mass is 10.0. The first-order chi connectivity index (χ1) is 11.0. The second kappa shape index (κ2) is 6.52. The molecule has 3 rings (SSSR count). The number of para-hydroxylation sites is 1. The molecule has 23 heavy (non-hydrogen) atoms. The minimum atomic E-state index is -3.70. The van der Waals surface area contributed by atoms with E-state index < -0.39 is 10.0 Å². The Hall–Kier alpha value is -1.54. The zero-order valence-electron chi connectivity index (χ0n) is 12.9. The number of rotatable bonds is 2. The van der Waals surface area contributed by atoms with Crippen LogP contribution in [0.2, 0.25) is 0 Å². The molecular formula is C15H19N3O3S2. The van der Waals surface area contributed by atoms with Crippen LogP contribution in [0.25, 0.3) is 0 Å². The van der Waals surface area contributed by atoms with Gasteiger partial charge in [-0.3, -0.25) is 4.79 Å². The molecule has 1 amide bonds. The van der Waals surface area contributed by atoms with E-state index in [1.165, 1.54) is 6.07 Å². The van der Waals surface area contributed by atoms with Crippen LogP contribution in [-0.4, -0.2) is 42.7 Å². The van der Waals surface area contributed by atoms with Gasteiger partial charge in [0.05, 0.1) is 11.4 Å². The fourth-order valence-electron chi connectivity index (χ4n) is 2.84. The number of likely N-dealkylation sites (tertiary alicyclic amines) is 1. The van der Waals surface area contributed by atoms with Gasteiger partial charge in [-0.05, 0) is 38.3 Å². The summed E-state index contributed by atoms with van der Waals surface area (Å²) in [5.74, 6) is 0.219. The summed E-state index contributed by atoms with van der Waals surface area (Å²) in [4.78, 5) is 14.4. The molecule has 1 aromatic carbocycles. The number of amidine groups is 1. The number of amides is 1. The van der Waals surface area contributed by atoms with E-state index >= 15 is 0 Å². The highest BCUT2D eigenvalue weighted by atomic mass is 32.2. The molecular weight excluding hydrogens is 334 g/mol. The van der Waals surface area contributed by atoms with Crippen molar-refractivity contribution >= 4 is 38.5 Å². The predicted octanol–water partition coefficient (Wildman–Crippen LogP) is 2.29. The van der Waals surface area contributed by atoms with Gasteiger partial charge in [0.15, 0.2) is 5.17 Å². The average molecular weight is 353 g/mol. The zero-order valence-corrected chi connectivity index (χ0v) is 14.5. The number of hydrogen-bond donors (Lipinski definition) is 1. The molecule has 0 bridgehead atoms. The first-order valence-corrected chi connectivity index (χ1v) is 10.0. The van der Waals surface area contributed by atoms with Crippen molar-refractivity contribution in [3.8, 4) is 0 Å². The van der Waals surface area contributed by atoms with Gasteiger partial charge in [-0.15, -0.1) is 4.40 Å². The molecule has 0 spiro atoms. The third kappa shape index (κ3) is 3.53. The number of anilines is 1. The minimum absolute atomic E-state index is 0.0305. The van der Waals surface area contributed by atoms with E-state index in [9.17, 15) is 13.2 Å². The molecule has 1 N–H and O–H groups in total. The summed E-state index contributed by atoms with van der Waals surface area (Å²) in [7, 11) is -3.70. The van der Waals surface area contributed by atoms with E-state index in [0.717, 1.165) is 37.6 Å². The number of carbonyl (C=O) groups is 1. The van der Waals surface area contributed by atoms with Crippen LogP contribution in [0.15, 0.2) is 33.6 Å². The topological polar surface area (TPSA) is 78.8 Å². The molecule has 0 radical (unpaired) electrons. The van der Waals surface area contributed by atoms with E-state index in [2.05, 4.69) is 16.6 Å². The van der Waals surface area contributed by atoms with Crippen molar-refractivity contribution in [2.75, 3.05) is 17.6 Å². The highest BCUT2D eigenvalue weighted by Crippen LogP contribution is 2.29. The first-order valence-electron chi connectivity index (χ1n) is 7.61. The maximum Gasteiger partial charge on any atom is 0.286 e. The maximum absolute atomic E-state index is 12.3. The van der Waals surface area contributed by atoms with Crippen LogP contribution in [0.4, 0.5) is 5.69 Å². The normalized spacial score (nSPS) is 22.7. The van der Waals surface area contributed by atoms with Gasteiger partial charge in [0.2, 0.25) is 5.91 Å².